The first kappa shape index (κ1) is 9.64. The van der Waals surface area contributed by atoms with E-state index in [4.69, 9.17) is 0 Å². The van der Waals surface area contributed by atoms with Crippen molar-refractivity contribution in [3.63, 3.8) is 0 Å². The molecule has 1 aromatic rings. The third-order valence-electron chi connectivity index (χ3n) is 1.82. The maximum atomic E-state index is 13.0. The number of para-hydroxylation sites is 1. The lowest BCUT2D eigenvalue weighted by Crippen LogP contribution is -1.99. The van der Waals surface area contributed by atoms with Crippen molar-refractivity contribution in [3.8, 4) is 0 Å². The molecule has 0 atom stereocenters. The fourth-order valence-electron chi connectivity index (χ4n) is 1.19. The fraction of sp³-hybridized carbons (Fsp3) is 0.333. The number of hydrogen-bond acceptors (Lipinski definition) is 2. The van der Waals surface area contributed by atoms with Gasteiger partial charge in [0.2, 0.25) is 5.82 Å². The topological polar surface area (TPSA) is 43.1 Å². The number of nitro benzene ring substituents is 1. The van der Waals surface area contributed by atoms with E-state index in [1.165, 1.54) is 6.07 Å². The Morgan fingerprint density at radius 1 is 1.46 bits per heavy atom. The summed E-state index contributed by atoms with van der Waals surface area (Å²) in [6.07, 6.45) is 0. The molecule has 4 heteroatoms. The molecule has 0 saturated carbocycles. The van der Waals surface area contributed by atoms with Gasteiger partial charge in [-0.3, -0.25) is 10.1 Å². The molecule has 0 heterocycles. The van der Waals surface area contributed by atoms with E-state index in [0.29, 0.717) is 5.56 Å². The van der Waals surface area contributed by atoms with Crippen molar-refractivity contribution in [2.24, 2.45) is 0 Å². The Morgan fingerprint density at radius 3 is 2.46 bits per heavy atom. The van der Waals surface area contributed by atoms with E-state index in [0.717, 1.165) is 6.07 Å². The van der Waals surface area contributed by atoms with Crippen molar-refractivity contribution >= 4 is 5.69 Å². The maximum Gasteiger partial charge on any atom is 0.308 e. The van der Waals surface area contributed by atoms with Crippen LogP contribution in [-0.4, -0.2) is 4.92 Å². The van der Waals surface area contributed by atoms with Crippen LogP contribution in [0.5, 0.6) is 0 Å². The second-order valence-corrected chi connectivity index (χ2v) is 3.09. The zero-order chi connectivity index (χ0) is 10.0. The lowest BCUT2D eigenvalue weighted by molar-refractivity contribution is -0.388. The Morgan fingerprint density at radius 2 is 2.08 bits per heavy atom. The number of nitrogens with zero attached hydrogens (tertiary/aromatic N) is 1. The van der Waals surface area contributed by atoms with Gasteiger partial charge in [-0.2, -0.15) is 4.39 Å². The molecule has 0 saturated heterocycles. The van der Waals surface area contributed by atoms with Gasteiger partial charge in [-0.25, -0.2) is 0 Å². The number of halogens is 1. The number of benzene rings is 1. The van der Waals surface area contributed by atoms with Crippen molar-refractivity contribution in [2.75, 3.05) is 0 Å². The van der Waals surface area contributed by atoms with Gasteiger partial charge in [0.1, 0.15) is 0 Å². The highest BCUT2D eigenvalue weighted by Gasteiger charge is 2.20. The zero-order valence-corrected chi connectivity index (χ0v) is 7.45. The predicted octanol–water partition coefficient (Wildman–Crippen LogP) is 2.86. The van der Waals surface area contributed by atoms with Crippen LogP contribution >= 0.6 is 0 Å². The van der Waals surface area contributed by atoms with Crippen LogP contribution in [0.25, 0.3) is 0 Å². The van der Waals surface area contributed by atoms with Gasteiger partial charge in [-0.15, -0.1) is 0 Å². The monoisotopic (exact) mass is 183 g/mol. The molecule has 13 heavy (non-hydrogen) atoms. The first-order valence-electron chi connectivity index (χ1n) is 3.97. The summed E-state index contributed by atoms with van der Waals surface area (Å²) < 4.78 is 13.0. The van der Waals surface area contributed by atoms with Crippen LogP contribution < -0.4 is 0 Å². The summed E-state index contributed by atoms with van der Waals surface area (Å²) in [5.41, 5.74) is 0.0301. The van der Waals surface area contributed by atoms with E-state index in [2.05, 4.69) is 0 Å². The molecule has 0 unspecified atom stereocenters. The second kappa shape index (κ2) is 3.51. The molecular weight excluding hydrogens is 173 g/mol. The molecule has 0 bridgehead atoms. The summed E-state index contributed by atoms with van der Waals surface area (Å²) in [5.74, 6) is -0.813. The van der Waals surface area contributed by atoms with Crippen LogP contribution in [0.15, 0.2) is 18.2 Å². The third kappa shape index (κ3) is 1.83. The predicted molar refractivity (Wildman–Crippen MR) is 47.1 cm³/mol. The summed E-state index contributed by atoms with van der Waals surface area (Å²) in [7, 11) is 0. The van der Waals surface area contributed by atoms with Crippen LogP contribution in [0.4, 0.5) is 10.1 Å². The van der Waals surface area contributed by atoms with E-state index in [1.54, 1.807) is 19.9 Å². The quantitative estimate of drug-likeness (QED) is 0.522. The summed E-state index contributed by atoms with van der Waals surface area (Å²) >= 11 is 0. The fourth-order valence-corrected chi connectivity index (χ4v) is 1.19. The van der Waals surface area contributed by atoms with Gasteiger partial charge in [0.25, 0.3) is 0 Å². The van der Waals surface area contributed by atoms with E-state index in [9.17, 15) is 14.5 Å². The van der Waals surface area contributed by atoms with Crippen molar-refractivity contribution in [1.82, 2.24) is 0 Å². The average molecular weight is 183 g/mol. The van der Waals surface area contributed by atoms with Crippen molar-refractivity contribution in [1.29, 1.82) is 0 Å². The van der Waals surface area contributed by atoms with E-state index in [1.807, 2.05) is 0 Å². The van der Waals surface area contributed by atoms with Gasteiger partial charge in [0, 0.05) is 5.56 Å². The Hall–Kier alpha value is -1.45. The molecule has 1 rings (SSSR count). The first-order valence-corrected chi connectivity index (χ1v) is 3.97. The number of rotatable bonds is 2. The average Bonchev–Trinajstić information content (AvgIpc) is 2.02. The minimum atomic E-state index is -0.767. The molecule has 1 aromatic carbocycles. The van der Waals surface area contributed by atoms with Crippen LogP contribution in [0.1, 0.15) is 25.3 Å². The molecular formula is C9H10FNO2. The minimum absolute atomic E-state index is 0.0453. The molecule has 3 nitrogen and oxygen atoms in total. The smallest absolute Gasteiger partial charge is 0.258 e. The maximum absolute atomic E-state index is 13.0. The molecule has 0 aromatic heterocycles. The molecule has 0 amide bonds. The molecule has 0 radical (unpaired) electrons. The van der Waals surface area contributed by atoms with Crippen LogP contribution in [0.2, 0.25) is 0 Å². The van der Waals surface area contributed by atoms with Crippen LogP contribution in [-0.2, 0) is 0 Å². The lowest BCUT2D eigenvalue weighted by Gasteiger charge is -2.05. The standard InChI is InChI=1S/C9H10FNO2/c1-6(2)7-4-3-5-8(10)9(7)11(12)13/h3-6H,1-2H3. The summed E-state index contributed by atoms with van der Waals surface area (Å²) in [5, 5.41) is 10.5. The summed E-state index contributed by atoms with van der Waals surface area (Å²) in [6, 6.07) is 4.16. The number of hydrogen-bond donors (Lipinski definition) is 0. The Kier molecular flexibility index (Phi) is 2.60. The van der Waals surface area contributed by atoms with E-state index in [-0.39, 0.29) is 5.92 Å². The summed E-state index contributed by atoms with van der Waals surface area (Å²) in [6.45, 7) is 3.59. The largest absolute Gasteiger partial charge is 0.308 e. The molecule has 0 aliphatic carbocycles. The third-order valence-corrected chi connectivity index (χ3v) is 1.82. The molecule has 0 aliphatic heterocycles. The highest BCUT2D eigenvalue weighted by molar-refractivity contribution is 5.43. The molecule has 70 valence electrons. The zero-order valence-electron chi connectivity index (χ0n) is 7.45. The van der Waals surface area contributed by atoms with Crippen molar-refractivity contribution in [3.05, 3.63) is 39.7 Å². The lowest BCUT2D eigenvalue weighted by atomic mass is 10.0. The highest BCUT2D eigenvalue weighted by atomic mass is 19.1. The molecule has 0 N–H and O–H groups in total. The second-order valence-electron chi connectivity index (χ2n) is 3.09. The van der Waals surface area contributed by atoms with Crippen molar-refractivity contribution in [2.45, 2.75) is 19.8 Å². The Labute approximate surface area is 75.3 Å². The minimum Gasteiger partial charge on any atom is -0.258 e. The SMILES string of the molecule is CC(C)c1cccc(F)c1[N+](=O)[O-]. The van der Waals surface area contributed by atoms with Crippen LogP contribution in [0.3, 0.4) is 0 Å². The Balaban J connectivity index is 3.34. The van der Waals surface area contributed by atoms with Gasteiger partial charge in [0.15, 0.2) is 0 Å². The van der Waals surface area contributed by atoms with Crippen LogP contribution in [0, 0.1) is 15.9 Å². The summed E-state index contributed by atoms with van der Waals surface area (Å²) in [4.78, 5) is 9.84. The normalized spacial score (nSPS) is 10.5. The van der Waals surface area contributed by atoms with E-state index < -0.39 is 16.4 Å². The van der Waals surface area contributed by atoms with Crippen molar-refractivity contribution < 1.29 is 9.31 Å². The first-order chi connectivity index (χ1) is 6.04. The van der Waals surface area contributed by atoms with Gasteiger partial charge >= 0.3 is 5.69 Å². The van der Waals surface area contributed by atoms with Gasteiger partial charge < -0.3 is 0 Å². The molecule has 0 spiro atoms. The molecule has 0 aliphatic rings. The molecule has 0 fully saturated rings. The van der Waals surface area contributed by atoms with Gasteiger partial charge in [-0.05, 0) is 12.0 Å². The van der Waals surface area contributed by atoms with Gasteiger partial charge in [-0.1, -0.05) is 26.0 Å². The number of nitro groups is 1. The highest BCUT2D eigenvalue weighted by Crippen LogP contribution is 2.28. The van der Waals surface area contributed by atoms with Gasteiger partial charge in [0.05, 0.1) is 4.92 Å². The Bertz CT molecular complexity index is 336. The van der Waals surface area contributed by atoms with E-state index >= 15 is 0 Å².